The van der Waals surface area contributed by atoms with Crippen molar-refractivity contribution in [1.29, 1.82) is 0 Å². The van der Waals surface area contributed by atoms with E-state index in [4.69, 9.17) is 5.73 Å². The second-order valence-corrected chi connectivity index (χ2v) is 6.97. The van der Waals surface area contributed by atoms with Crippen molar-refractivity contribution in [1.82, 2.24) is 4.72 Å². The minimum atomic E-state index is -3.41. The third kappa shape index (κ3) is 2.74. The van der Waals surface area contributed by atoms with Gasteiger partial charge in [0.2, 0.25) is 10.0 Å². The molecule has 4 nitrogen and oxygen atoms in total. The van der Waals surface area contributed by atoms with E-state index in [9.17, 15) is 8.42 Å². The molecule has 3 N–H and O–H groups in total. The number of benzene rings is 1. The van der Waals surface area contributed by atoms with Crippen LogP contribution < -0.4 is 10.5 Å². The standard InChI is InChI=1S/C13H20N2O2S/c1-11-4-2-5-12(8-11)18(16,17)15-10-13(9-14)6-3-7-13/h2,4-5,8,15H,3,6-7,9-10,14H2,1H3. The van der Waals surface area contributed by atoms with E-state index in [0.29, 0.717) is 18.0 Å². The van der Waals surface area contributed by atoms with Gasteiger partial charge in [-0.2, -0.15) is 0 Å². The fraction of sp³-hybridized carbons (Fsp3) is 0.538. The summed E-state index contributed by atoms with van der Waals surface area (Å²) in [6, 6.07) is 6.93. The Balaban J connectivity index is 2.08. The van der Waals surface area contributed by atoms with Crippen molar-refractivity contribution in [2.24, 2.45) is 11.1 Å². The molecular weight excluding hydrogens is 248 g/mol. The first kappa shape index (κ1) is 13.5. The lowest BCUT2D eigenvalue weighted by molar-refractivity contribution is 0.150. The quantitative estimate of drug-likeness (QED) is 0.848. The normalized spacial score (nSPS) is 18.3. The number of nitrogens with two attached hydrogens (primary N) is 1. The van der Waals surface area contributed by atoms with Gasteiger partial charge in [-0.05, 0) is 49.4 Å². The van der Waals surface area contributed by atoms with Crippen molar-refractivity contribution in [2.75, 3.05) is 13.1 Å². The predicted octanol–water partition coefficient (Wildman–Crippen LogP) is 1.40. The molecular formula is C13H20N2O2S. The monoisotopic (exact) mass is 268 g/mol. The Labute approximate surface area is 109 Å². The smallest absolute Gasteiger partial charge is 0.240 e. The molecule has 0 amide bonds. The van der Waals surface area contributed by atoms with E-state index >= 15 is 0 Å². The summed E-state index contributed by atoms with van der Waals surface area (Å²) in [7, 11) is -3.41. The number of aryl methyl sites for hydroxylation is 1. The first-order valence-electron chi connectivity index (χ1n) is 6.24. The Hall–Kier alpha value is -0.910. The molecule has 0 radical (unpaired) electrons. The third-order valence-electron chi connectivity index (χ3n) is 3.78. The maximum Gasteiger partial charge on any atom is 0.240 e. The van der Waals surface area contributed by atoms with Gasteiger partial charge in [-0.15, -0.1) is 0 Å². The molecule has 5 heteroatoms. The lowest BCUT2D eigenvalue weighted by Crippen LogP contribution is -2.46. The molecule has 1 aliphatic carbocycles. The summed E-state index contributed by atoms with van der Waals surface area (Å²) in [6.07, 6.45) is 3.17. The molecule has 0 aromatic heterocycles. The Morgan fingerprint density at radius 1 is 1.39 bits per heavy atom. The van der Waals surface area contributed by atoms with Gasteiger partial charge in [0.15, 0.2) is 0 Å². The van der Waals surface area contributed by atoms with E-state index in [-0.39, 0.29) is 5.41 Å². The molecule has 0 bridgehead atoms. The molecule has 1 aromatic carbocycles. The zero-order valence-corrected chi connectivity index (χ0v) is 11.5. The largest absolute Gasteiger partial charge is 0.330 e. The highest BCUT2D eigenvalue weighted by molar-refractivity contribution is 7.89. The zero-order chi connectivity index (χ0) is 13.2. The number of hydrogen-bond acceptors (Lipinski definition) is 3. The molecule has 0 aliphatic heterocycles. The van der Waals surface area contributed by atoms with Gasteiger partial charge >= 0.3 is 0 Å². The van der Waals surface area contributed by atoms with E-state index in [1.807, 2.05) is 13.0 Å². The van der Waals surface area contributed by atoms with Crippen molar-refractivity contribution in [3.63, 3.8) is 0 Å². The summed E-state index contributed by atoms with van der Waals surface area (Å²) in [5.41, 5.74) is 6.65. The molecule has 0 unspecified atom stereocenters. The summed E-state index contributed by atoms with van der Waals surface area (Å²) in [5, 5.41) is 0. The van der Waals surface area contributed by atoms with Gasteiger partial charge in [0.1, 0.15) is 0 Å². The summed E-state index contributed by atoms with van der Waals surface area (Å²) in [6.45, 7) is 2.87. The molecule has 100 valence electrons. The van der Waals surface area contributed by atoms with E-state index in [2.05, 4.69) is 4.72 Å². The van der Waals surface area contributed by atoms with E-state index in [1.54, 1.807) is 18.2 Å². The fourth-order valence-electron chi connectivity index (χ4n) is 2.24. The van der Waals surface area contributed by atoms with Crippen molar-refractivity contribution in [2.45, 2.75) is 31.1 Å². The molecule has 0 heterocycles. The van der Waals surface area contributed by atoms with Gasteiger partial charge in [0.25, 0.3) is 0 Å². The van der Waals surface area contributed by atoms with Crippen LogP contribution in [-0.2, 0) is 10.0 Å². The average molecular weight is 268 g/mol. The highest BCUT2D eigenvalue weighted by Crippen LogP contribution is 2.39. The summed E-state index contributed by atoms with van der Waals surface area (Å²) in [5.74, 6) is 0. The van der Waals surface area contributed by atoms with Crippen LogP contribution in [0, 0.1) is 12.3 Å². The van der Waals surface area contributed by atoms with E-state index in [1.165, 1.54) is 0 Å². The minimum absolute atomic E-state index is 0.0170. The lowest BCUT2D eigenvalue weighted by Gasteiger charge is -2.40. The Morgan fingerprint density at radius 2 is 2.11 bits per heavy atom. The summed E-state index contributed by atoms with van der Waals surface area (Å²) < 4.78 is 27.0. The van der Waals surface area contributed by atoms with Gasteiger partial charge in [0.05, 0.1) is 4.90 Å². The van der Waals surface area contributed by atoms with Crippen LogP contribution in [0.15, 0.2) is 29.2 Å². The molecule has 1 fully saturated rings. The topological polar surface area (TPSA) is 72.2 Å². The van der Waals surface area contributed by atoms with Crippen LogP contribution in [0.2, 0.25) is 0 Å². The van der Waals surface area contributed by atoms with Crippen LogP contribution in [0.3, 0.4) is 0 Å². The van der Waals surface area contributed by atoms with Crippen LogP contribution >= 0.6 is 0 Å². The molecule has 1 aromatic rings. The lowest BCUT2D eigenvalue weighted by atomic mass is 9.69. The van der Waals surface area contributed by atoms with Crippen LogP contribution in [0.4, 0.5) is 0 Å². The average Bonchev–Trinajstić information content (AvgIpc) is 2.28. The van der Waals surface area contributed by atoms with Crippen molar-refractivity contribution in [3.8, 4) is 0 Å². The maximum absolute atomic E-state index is 12.1. The predicted molar refractivity (Wildman–Crippen MR) is 71.7 cm³/mol. The Bertz CT molecular complexity index is 516. The van der Waals surface area contributed by atoms with Crippen molar-refractivity contribution in [3.05, 3.63) is 29.8 Å². The minimum Gasteiger partial charge on any atom is -0.330 e. The van der Waals surface area contributed by atoms with Crippen molar-refractivity contribution >= 4 is 10.0 Å². The SMILES string of the molecule is Cc1cccc(S(=O)(=O)NCC2(CN)CCC2)c1. The van der Waals surface area contributed by atoms with E-state index < -0.39 is 10.0 Å². The highest BCUT2D eigenvalue weighted by Gasteiger charge is 2.36. The molecule has 0 saturated heterocycles. The Kier molecular flexibility index (Phi) is 3.75. The van der Waals surface area contributed by atoms with Crippen LogP contribution in [0.5, 0.6) is 0 Å². The molecule has 18 heavy (non-hydrogen) atoms. The first-order chi connectivity index (χ1) is 8.47. The molecule has 1 aliphatic rings. The molecule has 0 spiro atoms. The molecule has 0 atom stereocenters. The van der Waals surface area contributed by atoms with Gasteiger partial charge in [-0.3, -0.25) is 0 Å². The number of sulfonamides is 1. The Morgan fingerprint density at radius 3 is 2.61 bits per heavy atom. The first-order valence-corrected chi connectivity index (χ1v) is 7.72. The fourth-order valence-corrected chi connectivity index (χ4v) is 3.51. The zero-order valence-electron chi connectivity index (χ0n) is 10.6. The second kappa shape index (κ2) is 4.99. The third-order valence-corrected chi connectivity index (χ3v) is 5.18. The molecule has 2 rings (SSSR count). The summed E-state index contributed by atoms with van der Waals surface area (Å²) >= 11 is 0. The van der Waals surface area contributed by atoms with Gasteiger partial charge in [-0.1, -0.05) is 18.6 Å². The highest BCUT2D eigenvalue weighted by atomic mass is 32.2. The second-order valence-electron chi connectivity index (χ2n) is 5.20. The van der Waals surface area contributed by atoms with Crippen LogP contribution in [0.25, 0.3) is 0 Å². The van der Waals surface area contributed by atoms with E-state index in [0.717, 1.165) is 24.8 Å². The molecule has 1 saturated carbocycles. The number of nitrogens with one attached hydrogen (secondary N) is 1. The van der Waals surface area contributed by atoms with Gasteiger partial charge in [-0.25, -0.2) is 13.1 Å². The van der Waals surface area contributed by atoms with Crippen molar-refractivity contribution < 1.29 is 8.42 Å². The van der Waals surface area contributed by atoms with Gasteiger partial charge < -0.3 is 5.73 Å². The van der Waals surface area contributed by atoms with Gasteiger partial charge in [0, 0.05) is 6.54 Å². The maximum atomic E-state index is 12.1. The number of hydrogen-bond donors (Lipinski definition) is 2. The van der Waals surface area contributed by atoms with Crippen LogP contribution in [-0.4, -0.2) is 21.5 Å². The number of rotatable bonds is 5. The van der Waals surface area contributed by atoms with Crippen LogP contribution in [0.1, 0.15) is 24.8 Å². The summed E-state index contributed by atoms with van der Waals surface area (Å²) in [4.78, 5) is 0.328.